The third-order valence-electron chi connectivity index (χ3n) is 3.20. The Morgan fingerprint density at radius 2 is 2.21 bits per heavy atom. The lowest BCUT2D eigenvalue weighted by Crippen LogP contribution is -2.41. The highest BCUT2D eigenvalue weighted by Crippen LogP contribution is 2.10. The van der Waals surface area contributed by atoms with Gasteiger partial charge in [0.15, 0.2) is 0 Å². The normalized spacial score (nSPS) is 20.2. The molecular formula is C14H19ClN2O2. The quantitative estimate of drug-likeness (QED) is 0.915. The number of nitrogens with zero attached hydrogens (tertiary/aromatic N) is 1. The Labute approximate surface area is 118 Å². The molecule has 1 N–H and O–H groups in total. The molecule has 1 atom stereocenters. The summed E-state index contributed by atoms with van der Waals surface area (Å²) in [6.07, 6.45) is 1.05. The van der Waals surface area contributed by atoms with Crippen molar-refractivity contribution in [2.45, 2.75) is 12.5 Å². The van der Waals surface area contributed by atoms with E-state index in [-0.39, 0.29) is 12.0 Å². The molecule has 1 heterocycles. The molecule has 1 aromatic rings. The van der Waals surface area contributed by atoms with E-state index in [4.69, 9.17) is 16.3 Å². The molecule has 1 aliphatic heterocycles. The van der Waals surface area contributed by atoms with E-state index < -0.39 is 0 Å². The van der Waals surface area contributed by atoms with Gasteiger partial charge in [0, 0.05) is 30.2 Å². The van der Waals surface area contributed by atoms with E-state index in [9.17, 15) is 4.79 Å². The Hall–Kier alpha value is -1.10. The number of amides is 1. The highest BCUT2D eigenvalue weighted by molar-refractivity contribution is 6.30. The number of hydrogen-bond donors (Lipinski definition) is 1. The number of halogens is 1. The number of nitrogens with one attached hydrogen (secondary N) is 1. The number of benzene rings is 1. The molecule has 2 rings (SSSR count). The third-order valence-corrected chi connectivity index (χ3v) is 3.45. The maximum absolute atomic E-state index is 11.9. The zero-order valence-electron chi connectivity index (χ0n) is 11.1. The Morgan fingerprint density at radius 3 is 2.89 bits per heavy atom. The monoisotopic (exact) mass is 282 g/mol. The maximum Gasteiger partial charge on any atom is 0.251 e. The van der Waals surface area contributed by atoms with Gasteiger partial charge in [0.2, 0.25) is 0 Å². The van der Waals surface area contributed by atoms with Crippen LogP contribution in [0.25, 0.3) is 0 Å². The largest absolute Gasteiger partial charge is 0.375 e. The first-order valence-corrected chi connectivity index (χ1v) is 6.87. The lowest BCUT2D eigenvalue weighted by molar-refractivity contribution is -0.0225. The van der Waals surface area contributed by atoms with E-state index in [1.807, 2.05) is 0 Å². The standard InChI is InChI=1S/C14H19ClN2O2/c1-17-8-9-19-13(10-17)6-7-16-14(18)11-2-4-12(15)5-3-11/h2-5,13H,6-10H2,1H3,(H,16,18). The lowest BCUT2D eigenvalue weighted by Gasteiger charge is -2.30. The van der Waals surface area contributed by atoms with Crippen LogP contribution in [-0.2, 0) is 4.74 Å². The van der Waals surface area contributed by atoms with Gasteiger partial charge in [0.05, 0.1) is 12.7 Å². The van der Waals surface area contributed by atoms with E-state index >= 15 is 0 Å². The van der Waals surface area contributed by atoms with Gasteiger partial charge in [-0.15, -0.1) is 0 Å². The second-order valence-corrected chi connectivity index (χ2v) is 5.24. The van der Waals surface area contributed by atoms with Crippen LogP contribution in [0.1, 0.15) is 16.8 Å². The summed E-state index contributed by atoms with van der Waals surface area (Å²) in [5.74, 6) is -0.0687. The van der Waals surface area contributed by atoms with E-state index in [1.165, 1.54) is 0 Å². The molecule has 1 fully saturated rings. The van der Waals surface area contributed by atoms with Crippen LogP contribution in [0.3, 0.4) is 0 Å². The van der Waals surface area contributed by atoms with Gasteiger partial charge in [-0.2, -0.15) is 0 Å². The number of carbonyl (C=O) groups is 1. The highest BCUT2D eigenvalue weighted by Gasteiger charge is 2.17. The summed E-state index contributed by atoms with van der Waals surface area (Å²) in [5, 5.41) is 3.53. The molecule has 0 radical (unpaired) electrons. The molecule has 1 unspecified atom stereocenters. The molecular weight excluding hydrogens is 264 g/mol. The van der Waals surface area contributed by atoms with Gasteiger partial charge in [0.1, 0.15) is 0 Å². The molecule has 104 valence electrons. The zero-order valence-corrected chi connectivity index (χ0v) is 11.8. The first-order chi connectivity index (χ1) is 9.15. The van der Waals surface area contributed by atoms with Crippen LogP contribution in [0.5, 0.6) is 0 Å². The van der Waals surface area contributed by atoms with Crippen molar-refractivity contribution < 1.29 is 9.53 Å². The number of carbonyl (C=O) groups excluding carboxylic acids is 1. The van der Waals surface area contributed by atoms with Gasteiger partial charge < -0.3 is 15.0 Å². The second-order valence-electron chi connectivity index (χ2n) is 4.81. The van der Waals surface area contributed by atoms with Gasteiger partial charge >= 0.3 is 0 Å². The Kier molecular flexibility index (Phi) is 5.19. The van der Waals surface area contributed by atoms with Crippen molar-refractivity contribution in [2.24, 2.45) is 0 Å². The van der Waals surface area contributed by atoms with Crippen molar-refractivity contribution in [2.75, 3.05) is 33.3 Å². The number of rotatable bonds is 4. The number of ether oxygens (including phenoxy) is 1. The van der Waals surface area contributed by atoms with Crippen LogP contribution in [0.4, 0.5) is 0 Å². The van der Waals surface area contributed by atoms with Crippen LogP contribution >= 0.6 is 11.6 Å². The van der Waals surface area contributed by atoms with E-state index in [0.717, 1.165) is 26.1 Å². The minimum Gasteiger partial charge on any atom is -0.375 e. The summed E-state index contributed by atoms with van der Waals surface area (Å²) in [6, 6.07) is 6.89. The summed E-state index contributed by atoms with van der Waals surface area (Å²) >= 11 is 5.78. The summed E-state index contributed by atoms with van der Waals surface area (Å²) in [5.41, 5.74) is 0.631. The Balaban J connectivity index is 1.73. The van der Waals surface area contributed by atoms with E-state index in [2.05, 4.69) is 17.3 Å². The van der Waals surface area contributed by atoms with Gasteiger partial charge in [-0.05, 0) is 37.7 Å². The molecule has 0 spiro atoms. The molecule has 0 bridgehead atoms. The van der Waals surface area contributed by atoms with Crippen molar-refractivity contribution >= 4 is 17.5 Å². The summed E-state index contributed by atoms with van der Waals surface area (Å²) < 4.78 is 5.64. The van der Waals surface area contributed by atoms with Gasteiger partial charge in [-0.1, -0.05) is 11.6 Å². The predicted molar refractivity (Wildman–Crippen MR) is 75.6 cm³/mol. The predicted octanol–water partition coefficient (Wildman–Crippen LogP) is 1.79. The third kappa shape index (κ3) is 4.49. The molecule has 0 saturated carbocycles. The van der Waals surface area contributed by atoms with E-state index in [0.29, 0.717) is 17.1 Å². The van der Waals surface area contributed by atoms with Crippen molar-refractivity contribution in [1.82, 2.24) is 10.2 Å². The van der Waals surface area contributed by atoms with Gasteiger partial charge in [-0.25, -0.2) is 0 Å². The van der Waals surface area contributed by atoms with Gasteiger partial charge in [-0.3, -0.25) is 4.79 Å². The molecule has 0 aliphatic carbocycles. The van der Waals surface area contributed by atoms with Crippen molar-refractivity contribution in [1.29, 1.82) is 0 Å². The Morgan fingerprint density at radius 1 is 1.47 bits per heavy atom. The number of morpholine rings is 1. The first-order valence-electron chi connectivity index (χ1n) is 6.49. The maximum atomic E-state index is 11.9. The first kappa shape index (κ1) is 14.3. The van der Waals surface area contributed by atoms with Crippen LogP contribution in [0, 0.1) is 0 Å². The fourth-order valence-electron chi connectivity index (χ4n) is 2.09. The zero-order chi connectivity index (χ0) is 13.7. The molecule has 1 aliphatic rings. The summed E-state index contributed by atoms with van der Waals surface area (Å²) in [4.78, 5) is 14.1. The summed E-state index contributed by atoms with van der Waals surface area (Å²) in [6.45, 7) is 3.30. The molecule has 5 heteroatoms. The second kappa shape index (κ2) is 6.89. The van der Waals surface area contributed by atoms with Crippen LogP contribution < -0.4 is 5.32 Å². The fraction of sp³-hybridized carbons (Fsp3) is 0.500. The number of hydrogen-bond acceptors (Lipinski definition) is 3. The van der Waals surface area contributed by atoms with Crippen molar-refractivity contribution in [3.05, 3.63) is 34.9 Å². The lowest BCUT2D eigenvalue weighted by atomic mass is 10.2. The summed E-state index contributed by atoms with van der Waals surface area (Å²) in [7, 11) is 2.09. The minimum atomic E-state index is -0.0687. The number of likely N-dealkylation sites (N-methyl/N-ethyl adjacent to an activating group) is 1. The Bertz CT molecular complexity index is 422. The molecule has 4 nitrogen and oxygen atoms in total. The van der Waals surface area contributed by atoms with Crippen molar-refractivity contribution in [3.63, 3.8) is 0 Å². The average molecular weight is 283 g/mol. The molecule has 1 aromatic carbocycles. The fourth-order valence-corrected chi connectivity index (χ4v) is 2.22. The molecule has 1 amide bonds. The highest BCUT2D eigenvalue weighted by atomic mass is 35.5. The van der Waals surface area contributed by atoms with Crippen LogP contribution in [0.15, 0.2) is 24.3 Å². The SMILES string of the molecule is CN1CCOC(CCNC(=O)c2ccc(Cl)cc2)C1. The van der Waals surface area contributed by atoms with Crippen molar-refractivity contribution in [3.8, 4) is 0 Å². The van der Waals surface area contributed by atoms with Crippen LogP contribution in [-0.4, -0.2) is 50.2 Å². The molecule has 1 saturated heterocycles. The minimum absolute atomic E-state index is 0.0687. The van der Waals surface area contributed by atoms with Gasteiger partial charge in [0.25, 0.3) is 5.91 Å². The van der Waals surface area contributed by atoms with Crippen LogP contribution in [0.2, 0.25) is 5.02 Å². The smallest absolute Gasteiger partial charge is 0.251 e. The molecule has 19 heavy (non-hydrogen) atoms. The topological polar surface area (TPSA) is 41.6 Å². The molecule has 0 aromatic heterocycles. The average Bonchev–Trinajstić information content (AvgIpc) is 2.39. The van der Waals surface area contributed by atoms with E-state index in [1.54, 1.807) is 24.3 Å².